The molecule has 1 aliphatic rings. The van der Waals surface area contributed by atoms with Crippen molar-refractivity contribution in [2.45, 2.75) is 39.0 Å². The van der Waals surface area contributed by atoms with E-state index in [0.29, 0.717) is 24.1 Å². The maximum Gasteiger partial charge on any atom is 0.292 e. The number of carbonyl (C=O) groups excluding carboxylic acids is 1. The zero-order valence-electron chi connectivity index (χ0n) is 13.1. The first kappa shape index (κ1) is 14.8. The van der Waals surface area contributed by atoms with Gasteiger partial charge in [-0.15, -0.1) is 0 Å². The Balaban J connectivity index is 1.67. The van der Waals surface area contributed by atoms with Crippen LogP contribution in [0.15, 0.2) is 22.9 Å². The largest absolute Gasteiger partial charge is 0.351 e. The summed E-state index contributed by atoms with van der Waals surface area (Å²) in [5.41, 5.74) is 1.94. The van der Waals surface area contributed by atoms with Gasteiger partial charge in [-0.2, -0.15) is 5.10 Å². The fourth-order valence-electron chi connectivity index (χ4n) is 2.99. The third kappa shape index (κ3) is 3.21. The number of amides is 1. The second kappa shape index (κ2) is 6.34. The standard InChI is InChI=1S/C16H22N4O2/c1-11(2)8-13-9-15(22-19-13)16(21)20-7-3-4-12(10-20)14-5-6-17-18-14/h5-6,9,11-12H,3-4,7-8,10H2,1-2H3,(H,17,18)/t12-/m0/s1. The van der Waals surface area contributed by atoms with Crippen LogP contribution in [-0.4, -0.2) is 39.3 Å². The number of H-pyrrole nitrogens is 1. The van der Waals surface area contributed by atoms with E-state index in [1.165, 1.54) is 0 Å². The molecule has 3 heterocycles. The highest BCUT2D eigenvalue weighted by molar-refractivity contribution is 5.91. The molecular formula is C16H22N4O2. The molecule has 0 radical (unpaired) electrons. The van der Waals surface area contributed by atoms with Crippen LogP contribution in [0.25, 0.3) is 0 Å². The molecule has 0 spiro atoms. The van der Waals surface area contributed by atoms with Gasteiger partial charge in [0.2, 0.25) is 5.76 Å². The normalized spacial score (nSPS) is 18.9. The molecule has 1 amide bonds. The van der Waals surface area contributed by atoms with Gasteiger partial charge in [0.1, 0.15) is 0 Å². The van der Waals surface area contributed by atoms with E-state index in [9.17, 15) is 4.79 Å². The molecule has 2 aromatic heterocycles. The van der Waals surface area contributed by atoms with Crippen LogP contribution in [-0.2, 0) is 6.42 Å². The molecular weight excluding hydrogens is 280 g/mol. The summed E-state index contributed by atoms with van der Waals surface area (Å²) < 4.78 is 5.25. The molecule has 1 aliphatic heterocycles. The molecule has 0 unspecified atom stereocenters. The predicted molar refractivity (Wildman–Crippen MR) is 81.5 cm³/mol. The quantitative estimate of drug-likeness (QED) is 0.942. The van der Waals surface area contributed by atoms with E-state index >= 15 is 0 Å². The first-order chi connectivity index (χ1) is 10.6. The van der Waals surface area contributed by atoms with Crippen LogP contribution < -0.4 is 0 Å². The minimum absolute atomic E-state index is 0.0632. The van der Waals surface area contributed by atoms with Crippen molar-refractivity contribution in [3.05, 3.63) is 35.5 Å². The summed E-state index contributed by atoms with van der Waals surface area (Å²) in [6.07, 6.45) is 4.64. The van der Waals surface area contributed by atoms with Crippen molar-refractivity contribution >= 4 is 5.91 Å². The van der Waals surface area contributed by atoms with Crippen LogP contribution in [0.3, 0.4) is 0 Å². The number of carbonyl (C=O) groups is 1. The summed E-state index contributed by atoms with van der Waals surface area (Å²) in [6, 6.07) is 3.76. The lowest BCUT2D eigenvalue weighted by atomic mass is 9.95. The number of nitrogens with zero attached hydrogens (tertiary/aromatic N) is 3. The van der Waals surface area contributed by atoms with Crippen LogP contribution >= 0.6 is 0 Å². The summed E-state index contributed by atoms with van der Waals surface area (Å²) in [6.45, 7) is 5.70. The van der Waals surface area contributed by atoms with E-state index in [1.54, 1.807) is 12.3 Å². The Bertz CT molecular complexity index is 618. The number of hydrogen-bond donors (Lipinski definition) is 1. The number of aromatic amines is 1. The van der Waals surface area contributed by atoms with Gasteiger partial charge in [0.15, 0.2) is 0 Å². The molecule has 1 saturated heterocycles. The summed E-state index contributed by atoms with van der Waals surface area (Å²) in [7, 11) is 0. The fourth-order valence-corrected chi connectivity index (χ4v) is 2.99. The van der Waals surface area contributed by atoms with E-state index in [4.69, 9.17) is 4.52 Å². The van der Waals surface area contributed by atoms with Gasteiger partial charge in [-0.3, -0.25) is 9.89 Å². The van der Waals surface area contributed by atoms with Crippen molar-refractivity contribution in [1.82, 2.24) is 20.3 Å². The Hall–Kier alpha value is -2.11. The molecule has 1 fully saturated rings. The Kier molecular flexibility index (Phi) is 4.27. The molecule has 2 aromatic rings. The predicted octanol–water partition coefficient (Wildman–Crippen LogP) is 2.62. The highest BCUT2D eigenvalue weighted by Gasteiger charge is 2.28. The zero-order valence-corrected chi connectivity index (χ0v) is 13.1. The van der Waals surface area contributed by atoms with Gasteiger partial charge in [0.25, 0.3) is 5.91 Å². The maximum atomic E-state index is 12.6. The Morgan fingerprint density at radius 2 is 2.41 bits per heavy atom. The van der Waals surface area contributed by atoms with Crippen molar-refractivity contribution in [2.75, 3.05) is 13.1 Å². The number of likely N-dealkylation sites (tertiary alicyclic amines) is 1. The minimum Gasteiger partial charge on any atom is -0.351 e. The topological polar surface area (TPSA) is 75.0 Å². The van der Waals surface area contributed by atoms with E-state index in [0.717, 1.165) is 37.2 Å². The number of hydrogen-bond acceptors (Lipinski definition) is 4. The SMILES string of the molecule is CC(C)Cc1cc(C(=O)N2CCC[C@H](c3ccn[nH]3)C2)on1. The molecule has 6 nitrogen and oxygen atoms in total. The summed E-state index contributed by atoms with van der Waals surface area (Å²) in [4.78, 5) is 14.4. The lowest BCUT2D eigenvalue weighted by Gasteiger charge is -2.31. The maximum absolute atomic E-state index is 12.6. The molecule has 0 aliphatic carbocycles. The van der Waals surface area contributed by atoms with Gasteiger partial charge >= 0.3 is 0 Å². The number of aromatic nitrogens is 3. The average Bonchev–Trinajstić information content (AvgIpc) is 3.17. The van der Waals surface area contributed by atoms with Gasteiger partial charge < -0.3 is 9.42 Å². The second-order valence-corrected chi connectivity index (χ2v) is 6.38. The van der Waals surface area contributed by atoms with Crippen LogP contribution in [0.4, 0.5) is 0 Å². The fraction of sp³-hybridized carbons (Fsp3) is 0.562. The van der Waals surface area contributed by atoms with Crippen LogP contribution in [0, 0.1) is 5.92 Å². The third-order valence-electron chi connectivity index (χ3n) is 4.06. The van der Waals surface area contributed by atoms with Crippen LogP contribution in [0.1, 0.15) is 54.5 Å². The Morgan fingerprint density at radius 3 is 3.14 bits per heavy atom. The third-order valence-corrected chi connectivity index (χ3v) is 4.06. The first-order valence-electron chi connectivity index (χ1n) is 7.87. The Morgan fingerprint density at radius 1 is 1.55 bits per heavy atom. The van der Waals surface area contributed by atoms with Crippen molar-refractivity contribution in [1.29, 1.82) is 0 Å². The van der Waals surface area contributed by atoms with E-state index < -0.39 is 0 Å². The lowest BCUT2D eigenvalue weighted by Crippen LogP contribution is -2.39. The first-order valence-corrected chi connectivity index (χ1v) is 7.87. The molecule has 22 heavy (non-hydrogen) atoms. The second-order valence-electron chi connectivity index (χ2n) is 6.38. The molecule has 0 bridgehead atoms. The van der Waals surface area contributed by atoms with Crippen molar-refractivity contribution in [3.8, 4) is 0 Å². The van der Waals surface area contributed by atoms with Gasteiger partial charge in [-0.05, 0) is 31.2 Å². The molecule has 1 atom stereocenters. The zero-order chi connectivity index (χ0) is 15.5. The average molecular weight is 302 g/mol. The monoisotopic (exact) mass is 302 g/mol. The van der Waals surface area contributed by atoms with Gasteiger partial charge in [0.05, 0.1) is 5.69 Å². The molecule has 3 rings (SSSR count). The van der Waals surface area contributed by atoms with Crippen LogP contribution in [0.2, 0.25) is 0 Å². The smallest absolute Gasteiger partial charge is 0.292 e. The van der Waals surface area contributed by atoms with Crippen molar-refractivity contribution < 1.29 is 9.32 Å². The van der Waals surface area contributed by atoms with E-state index in [2.05, 4.69) is 29.2 Å². The van der Waals surface area contributed by atoms with Gasteiger partial charge in [-0.1, -0.05) is 19.0 Å². The van der Waals surface area contributed by atoms with Gasteiger partial charge in [0, 0.05) is 37.0 Å². The summed E-state index contributed by atoms with van der Waals surface area (Å²) in [5, 5.41) is 11.0. The highest BCUT2D eigenvalue weighted by atomic mass is 16.5. The van der Waals surface area contributed by atoms with Crippen molar-refractivity contribution in [3.63, 3.8) is 0 Å². The molecule has 1 N–H and O–H groups in total. The highest BCUT2D eigenvalue weighted by Crippen LogP contribution is 2.26. The lowest BCUT2D eigenvalue weighted by molar-refractivity contribution is 0.0663. The van der Waals surface area contributed by atoms with Gasteiger partial charge in [-0.25, -0.2) is 0 Å². The summed E-state index contributed by atoms with van der Waals surface area (Å²) in [5.74, 6) is 1.10. The number of piperidine rings is 1. The van der Waals surface area contributed by atoms with E-state index in [1.807, 2.05) is 11.0 Å². The number of nitrogens with one attached hydrogen (secondary N) is 1. The summed E-state index contributed by atoms with van der Waals surface area (Å²) >= 11 is 0. The van der Waals surface area contributed by atoms with Crippen LogP contribution in [0.5, 0.6) is 0 Å². The molecule has 0 saturated carbocycles. The molecule has 6 heteroatoms. The van der Waals surface area contributed by atoms with Crippen molar-refractivity contribution in [2.24, 2.45) is 5.92 Å². The minimum atomic E-state index is -0.0632. The molecule has 118 valence electrons. The molecule has 0 aromatic carbocycles. The van der Waals surface area contributed by atoms with E-state index in [-0.39, 0.29) is 5.91 Å². The Labute approximate surface area is 129 Å². The number of rotatable bonds is 4.